The first-order valence-electron chi connectivity index (χ1n) is 7.79. The minimum atomic E-state index is 0.124. The lowest BCUT2D eigenvalue weighted by molar-refractivity contribution is -0.120. The molecule has 0 aliphatic heterocycles. The van der Waals surface area contributed by atoms with Crippen molar-refractivity contribution >= 4 is 17.7 Å². The van der Waals surface area contributed by atoms with E-state index in [1.165, 1.54) is 11.1 Å². The van der Waals surface area contributed by atoms with Gasteiger partial charge >= 0.3 is 0 Å². The molecule has 2 aromatic carbocycles. The van der Waals surface area contributed by atoms with Gasteiger partial charge in [0.2, 0.25) is 5.91 Å². The number of hydrogen-bond acceptors (Lipinski definition) is 3. The first-order valence-corrected chi connectivity index (χ1v) is 8.94. The summed E-state index contributed by atoms with van der Waals surface area (Å²) in [5, 5.41) is 2.97. The van der Waals surface area contributed by atoms with Crippen molar-refractivity contribution in [1.82, 2.24) is 5.32 Å². The largest absolute Gasteiger partial charge is 0.497 e. The summed E-state index contributed by atoms with van der Waals surface area (Å²) in [4.78, 5) is 11.8. The maximum Gasteiger partial charge on any atom is 0.220 e. The molecule has 2 rings (SSSR count). The number of amides is 1. The normalized spacial score (nSPS) is 10.3. The van der Waals surface area contributed by atoms with E-state index < -0.39 is 0 Å². The summed E-state index contributed by atoms with van der Waals surface area (Å²) in [6.07, 6.45) is 1.41. The Bertz CT molecular complexity index is 584. The van der Waals surface area contributed by atoms with Gasteiger partial charge in [-0.3, -0.25) is 4.79 Å². The van der Waals surface area contributed by atoms with Crippen LogP contribution in [-0.2, 0) is 17.0 Å². The Kier molecular flexibility index (Phi) is 7.54. The van der Waals surface area contributed by atoms with Gasteiger partial charge < -0.3 is 10.1 Å². The predicted molar refractivity (Wildman–Crippen MR) is 96.9 cm³/mol. The summed E-state index contributed by atoms with van der Waals surface area (Å²) in [6.45, 7) is 0.675. The van der Waals surface area contributed by atoms with Gasteiger partial charge in [-0.05, 0) is 29.7 Å². The summed E-state index contributed by atoms with van der Waals surface area (Å²) >= 11 is 1.79. The summed E-state index contributed by atoms with van der Waals surface area (Å²) < 4.78 is 5.13. The molecule has 2 aromatic rings. The number of carbonyl (C=O) groups is 1. The second kappa shape index (κ2) is 9.95. The van der Waals surface area contributed by atoms with Gasteiger partial charge in [-0.1, -0.05) is 42.5 Å². The second-order valence-electron chi connectivity index (χ2n) is 5.24. The molecule has 1 amide bonds. The lowest BCUT2D eigenvalue weighted by Crippen LogP contribution is -2.25. The zero-order valence-electron chi connectivity index (χ0n) is 13.5. The molecule has 0 saturated carbocycles. The minimum Gasteiger partial charge on any atom is -0.497 e. The Labute approximate surface area is 142 Å². The topological polar surface area (TPSA) is 38.3 Å². The molecule has 0 radical (unpaired) electrons. The Balaban J connectivity index is 1.56. The molecule has 0 spiro atoms. The van der Waals surface area contributed by atoms with Crippen LogP contribution in [0, 0.1) is 0 Å². The first-order chi connectivity index (χ1) is 11.3. The fourth-order valence-corrected chi connectivity index (χ4v) is 3.06. The molecule has 1 N–H and O–H groups in total. The van der Waals surface area contributed by atoms with E-state index in [-0.39, 0.29) is 5.91 Å². The van der Waals surface area contributed by atoms with Gasteiger partial charge in [0.15, 0.2) is 0 Å². The number of nitrogens with one attached hydrogen (secondary N) is 1. The van der Waals surface area contributed by atoms with E-state index in [9.17, 15) is 4.79 Å². The molecule has 122 valence electrons. The van der Waals surface area contributed by atoms with Crippen LogP contribution in [0.3, 0.4) is 0 Å². The molecule has 0 aromatic heterocycles. The van der Waals surface area contributed by atoms with Crippen LogP contribution >= 0.6 is 11.8 Å². The van der Waals surface area contributed by atoms with Crippen molar-refractivity contribution in [3.05, 3.63) is 65.7 Å². The SMILES string of the molecule is COc1ccc(CCNC(=O)CCSCc2ccccc2)cc1. The third-order valence-corrected chi connectivity index (χ3v) is 4.51. The zero-order valence-corrected chi connectivity index (χ0v) is 14.3. The number of hydrogen-bond donors (Lipinski definition) is 1. The van der Waals surface area contributed by atoms with E-state index in [4.69, 9.17) is 4.74 Å². The first kappa shape index (κ1) is 17.4. The minimum absolute atomic E-state index is 0.124. The fraction of sp³-hybridized carbons (Fsp3) is 0.316. The second-order valence-corrected chi connectivity index (χ2v) is 6.34. The summed E-state index contributed by atoms with van der Waals surface area (Å²) in [6, 6.07) is 18.3. The molecule has 3 nitrogen and oxygen atoms in total. The van der Waals surface area contributed by atoms with Crippen LogP contribution in [0.25, 0.3) is 0 Å². The van der Waals surface area contributed by atoms with Gasteiger partial charge in [0, 0.05) is 24.5 Å². The Morgan fingerprint density at radius 2 is 1.78 bits per heavy atom. The lowest BCUT2D eigenvalue weighted by Gasteiger charge is -2.06. The molecular weight excluding hydrogens is 306 g/mol. The van der Waals surface area contributed by atoms with Crippen molar-refractivity contribution in [2.75, 3.05) is 19.4 Å². The number of benzene rings is 2. The number of thioether (sulfide) groups is 1. The van der Waals surface area contributed by atoms with E-state index >= 15 is 0 Å². The van der Waals surface area contributed by atoms with E-state index in [2.05, 4.69) is 17.4 Å². The highest BCUT2D eigenvalue weighted by atomic mass is 32.2. The average molecular weight is 329 g/mol. The average Bonchev–Trinajstić information content (AvgIpc) is 2.60. The van der Waals surface area contributed by atoms with Crippen LogP contribution in [-0.4, -0.2) is 25.3 Å². The van der Waals surface area contributed by atoms with Crippen molar-refractivity contribution < 1.29 is 9.53 Å². The molecular formula is C19H23NO2S. The molecule has 0 fully saturated rings. The van der Waals surface area contributed by atoms with Crippen LogP contribution in [0.15, 0.2) is 54.6 Å². The van der Waals surface area contributed by atoms with E-state index in [0.29, 0.717) is 13.0 Å². The Morgan fingerprint density at radius 1 is 1.04 bits per heavy atom. The molecule has 0 atom stereocenters. The molecule has 0 saturated heterocycles. The number of rotatable bonds is 9. The lowest BCUT2D eigenvalue weighted by atomic mass is 10.1. The monoisotopic (exact) mass is 329 g/mol. The molecule has 0 aliphatic carbocycles. The van der Waals surface area contributed by atoms with Gasteiger partial charge in [-0.15, -0.1) is 0 Å². The highest BCUT2D eigenvalue weighted by Crippen LogP contribution is 2.13. The molecule has 4 heteroatoms. The quantitative estimate of drug-likeness (QED) is 0.713. The Hall–Kier alpha value is -1.94. The van der Waals surface area contributed by atoms with Gasteiger partial charge in [-0.2, -0.15) is 11.8 Å². The van der Waals surface area contributed by atoms with Crippen LogP contribution in [0.2, 0.25) is 0 Å². The van der Waals surface area contributed by atoms with Crippen molar-refractivity contribution in [3.8, 4) is 5.75 Å². The summed E-state index contributed by atoms with van der Waals surface area (Å²) in [5.41, 5.74) is 2.50. The third-order valence-electron chi connectivity index (χ3n) is 3.48. The number of ether oxygens (including phenoxy) is 1. The standard InChI is InChI=1S/C19H23NO2S/c1-22-18-9-7-16(8-10-18)11-13-20-19(21)12-14-23-15-17-5-3-2-4-6-17/h2-10H,11-15H2,1H3,(H,20,21). The molecule has 0 bridgehead atoms. The smallest absolute Gasteiger partial charge is 0.220 e. The maximum absolute atomic E-state index is 11.8. The van der Waals surface area contributed by atoms with E-state index in [0.717, 1.165) is 23.7 Å². The van der Waals surface area contributed by atoms with Crippen molar-refractivity contribution in [1.29, 1.82) is 0 Å². The van der Waals surface area contributed by atoms with Gasteiger partial charge in [0.1, 0.15) is 5.75 Å². The van der Waals surface area contributed by atoms with Gasteiger partial charge in [0.25, 0.3) is 0 Å². The zero-order chi connectivity index (χ0) is 16.3. The third kappa shape index (κ3) is 6.78. The number of methoxy groups -OCH3 is 1. The molecule has 0 heterocycles. The van der Waals surface area contributed by atoms with Crippen molar-refractivity contribution in [2.45, 2.75) is 18.6 Å². The fourth-order valence-electron chi connectivity index (χ4n) is 2.16. The number of carbonyl (C=O) groups excluding carboxylic acids is 1. The van der Waals surface area contributed by atoms with Gasteiger partial charge in [-0.25, -0.2) is 0 Å². The maximum atomic E-state index is 11.8. The predicted octanol–water partition coefficient (Wildman–Crippen LogP) is 3.68. The molecule has 0 aliphatic rings. The van der Waals surface area contributed by atoms with Crippen LogP contribution in [0.5, 0.6) is 5.75 Å². The molecule has 23 heavy (non-hydrogen) atoms. The van der Waals surface area contributed by atoms with Crippen molar-refractivity contribution in [3.63, 3.8) is 0 Å². The van der Waals surface area contributed by atoms with Crippen LogP contribution < -0.4 is 10.1 Å². The van der Waals surface area contributed by atoms with Crippen molar-refractivity contribution in [2.24, 2.45) is 0 Å². The summed E-state index contributed by atoms with van der Waals surface area (Å²) in [7, 11) is 1.66. The highest BCUT2D eigenvalue weighted by Gasteiger charge is 2.02. The summed E-state index contributed by atoms with van der Waals surface area (Å²) in [5.74, 6) is 2.79. The molecule has 0 unspecified atom stereocenters. The van der Waals surface area contributed by atoms with Crippen LogP contribution in [0.1, 0.15) is 17.5 Å². The van der Waals surface area contributed by atoms with E-state index in [1.807, 2.05) is 42.5 Å². The highest BCUT2D eigenvalue weighted by molar-refractivity contribution is 7.98. The van der Waals surface area contributed by atoms with E-state index in [1.54, 1.807) is 18.9 Å². The van der Waals surface area contributed by atoms with Crippen LogP contribution in [0.4, 0.5) is 0 Å². The Morgan fingerprint density at radius 3 is 2.48 bits per heavy atom. The van der Waals surface area contributed by atoms with Gasteiger partial charge in [0.05, 0.1) is 7.11 Å².